The molecule has 0 saturated carbocycles. The summed E-state index contributed by atoms with van der Waals surface area (Å²) >= 11 is 0. The van der Waals surface area contributed by atoms with Gasteiger partial charge in [0.25, 0.3) is 5.92 Å². The SMILES string of the molecule is C=CC(=O)OCCC(F)C(C)(F)F. The maximum absolute atomic E-state index is 12.5. The van der Waals surface area contributed by atoms with Crippen molar-refractivity contribution in [2.45, 2.75) is 25.4 Å². The molecular weight excluding hydrogens is 185 g/mol. The second-order valence-electron chi connectivity index (χ2n) is 2.58. The Morgan fingerprint density at radius 1 is 1.69 bits per heavy atom. The predicted octanol–water partition coefficient (Wildman–Crippen LogP) is 2.10. The monoisotopic (exact) mass is 196 g/mol. The van der Waals surface area contributed by atoms with Crippen molar-refractivity contribution in [1.82, 2.24) is 0 Å². The molecule has 13 heavy (non-hydrogen) atoms. The van der Waals surface area contributed by atoms with Crippen molar-refractivity contribution < 1.29 is 22.7 Å². The van der Waals surface area contributed by atoms with Crippen LogP contribution in [-0.4, -0.2) is 24.7 Å². The van der Waals surface area contributed by atoms with Crippen LogP contribution in [0.1, 0.15) is 13.3 Å². The molecule has 0 aliphatic rings. The zero-order valence-electron chi connectivity index (χ0n) is 7.23. The Morgan fingerprint density at radius 3 is 2.62 bits per heavy atom. The fraction of sp³-hybridized carbons (Fsp3) is 0.625. The summed E-state index contributed by atoms with van der Waals surface area (Å²) in [6.07, 6.45) is -1.91. The summed E-state index contributed by atoms with van der Waals surface area (Å²) in [5.74, 6) is -4.13. The van der Waals surface area contributed by atoms with Crippen LogP contribution < -0.4 is 0 Å². The zero-order chi connectivity index (χ0) is 10.5. The Hall–Kier alpha value is -1.00. The molecule has 0 aliphatic heterocycles. The van der Waals surface area contributed by atoms with Gasteiger partial charge >= 0.3 is 5.97 Å². The Balaban J connectivity index is 3.65. The summed E-state index contributed by atoms with van der Waals surface area (Å²) in [5, 5.41) is 0. The van der Waals surface area contributed by atoms with E-state index in [1.807, 2.05) is 0 Å². The Morgan fingerprint density at radius 2 is 2.23 bits per heavy atom. The number of esters is 1. The first-order chi connectivity index (χ1) is 5.88. The maximum Gasteiger partial charge on any atom is 0.330 e. The molecule has 1 unspecified atom stereocenters. The lowest BCUT2D eigenvalue weighted by Crippen LogP contribution is -2.27. The number of rotatable bonds is 5. The summed E-state index contributed by atoms with van der Waals surface area (Å²) < 4.78 is 41.2. The number of ether oxygens (including phenoxy) is 1. The maximum atomic E-state index is 12.5. The van der Waals surface area contributed by atoms with Gasteiger partial charge in [-0.1, -0.05) is 6.58 Å². The number of hydrogen-bond donors (Lipinski definition) is 0. The molecule has 0 radical (unpaired) electrons. The summed E-state index contributed by atoms with van der Waals surface area (Å²) in [7, 11) is 0. The van der Waals surface area contributed by atoms with Crippen LogP contribution >= 0.6 is 0 Å². The molecule has 0 aliphatic carbocycles. The second-order valence-corrected chi connectivity index (χ2v) is 2.58. The Labute approximate surface area is 74.4 Å². The molecule has 0 aromatic rings. The molecule has 0 amide bonds. The van der Waals surface area contributed by atoms with Gasteiger partial charge in [0, 0.05) is 19.4 Å². The third-order valence-corrected chi connectivity index (χ3v) is 1.33. The molecule has 5 heteroatoms. The van der Waals surface area contributed by atoms with Gasteiger partial charge in [-0.3, -0.25) is 0 Å². The highest BCUT2D eigenvalue weighted by atomic mass is 19.3. The van der Waals surface area contributed by atoms with Gasteiger partial charge in [0.15, 0.2) is 6.17 Å². The highest BCUT2D eigenvalue weighted by Crippen LogP contribution is 2.22. The van der Waals surface area contributed by atoms with Crippen LogP contribution in [0.15, 0.2) is 12.7 Å². The Kier molecular flexibility index (Phi) is 4.51. The van der Waals surface area contributed by atoms with Gasteiger partial charge in [-0.2, -0.15) is 0 Å². The number of alkyl halides is 3. The fourth-order valence-corrected chi connectivity index (χ4v) is 0.575. The van der Waals surface area contributed by atoms with Crippen LogP contribution in [0.4, 0.5) is 13.2 Å². The number of halogens is 3. The van der Waals surface area contributed by atoms with E-state index in [1.54, 1.807) is 0 Å². The lowest BCUT2D eigenvalue weighted by Gasteiger charge is -2.15. The zero-order valence-corrected chi connectivity index (χ0v) is 7.23. The first-order valence-corrected chi connectivity index (χ1v) is 3.69. The van der Waals surface area contributed by atoms with Gasteiger partial charge < -0.3 is 4.74 Å². The molecular formula is C8H11F3O2. The van der Waals surface area contributed by atoms with E-state index in [9.17, 15) is 18.0 Å². The van der Waals surface area contributed by atoms with Crippen molar-refractivity contribution in [3.05, 3.63) is 12.7 Å². The van der Waals surface area contributed by atoms with Crippen LogP contribution in [0.5, 0.6) is 0 Å². The molecule has 76 valence electrons. The highest BCUT2D eigenvalue weighted by Gasteiger charge is 2.33. The Bertz CT molecular complexity index is 186. The lowest BCUT2D eigenvalue weighted by molar-refractivity contribution is -0.139. The summed E-state index contributed by atoms with van der Waals surface area (Å²) in [6.45, 7) is 3.20. The molecule has 1 atom stereocenters. The molecule has 0 aromatic carbocycles. The van der Waals surface area contributed by atoms with Gasteiger partial charge in [0.1, 0.15) is 0 Å². The minimum Gasteiger partial charge on any atom is -0.462 e. The smallest absolute Gasteiger partial charge is 0.330 e. The molecule has 0 aromatic heterocycles. The molecule has 0 rings (SSSR count). The van der Waals surface area contributed by atoms with Gasteiger partial charge in [0.2, 0.25) is 0 Å². The predicted molar refractivity (Wildman–Crippen MR) is 41.3 cm³/mol. The summed E-state index contributed by atoms with van der Waals surface area (Å²) in [5.41, 5.74) is 0. The van der Waals surface area contributed by atoms with Crippen molar-refractivity contribution >= 4 is 5.97 Å². The minimum absolute atomic E-state index is 0.366. The van der Waals surface area contributed by atoms with Gasteiger partial charge in [-0.05, 0) is 0 Å². The van der Waals surface area contributed by atoms with Crippen molar-refractivity contribution in [2.24, 2.45) is 0 Å². The van der Waals surface area contributed by atoms with Crippen molar-refractivity contribution in [3.8, 4) is 0 Å². The van der Waals surface area contributed by atoms with E-state index in [2.05, 4.69) is 11.3 Å². The first kappa shape index (κ1) is 12.0. The van der Waals surface area contributed by atoms with Crippen LogP contribution in [-0.2, 0) is 9.53 Å². The van der Waals surface area contributed by atoms with E-state index in [4.69, 9.17) is 0 Å². The molecule has 0 bridgehead atoms. The van der Waals surface area contributed by atoms with Crippen LogP contribution in [0, 0.1) is 0 Å². The highest BCUT2D eigenvalue weighted by molar-refractivity contribution is 5.81. The van der Waals surface area contributed by atoms with E-state index in [-0.39, 0.29) is 6.61 Å². The number of carbonyl (C=O) groups is 1. The van der Waals surface area contributed by atoms with E-state index in [0.29, 0.717) is 6.92 Å². The molecule has 0 spiro atoms. The third-order valence-electron chi connectivity index (χ3n) is 1.33. The molecule has 0 N–H and O–H groups in total. The summed E-state index contributed by atoms with van der Waals surface area (Å²) in [4.78, 5) is 10.4. The topological polar surface area (TPSA) is 26.3 Å². The fourth-order valence-electron chi connectivity index (χ4n) is 0.575. The first-order valence-electron chi connectivity index (χ1n) is 3.69. The lowest BCUT2D eigenvalue weighted by atomic mass is 10.2. The third kappa shape index (κ3) is 5.27. The molecule has 0 heterocycles. The minimum atomic E-state index is -3.39. The average Bonchev–Trinajstić information content (AvgIpc) is 2.02. The van der Waals surface area contributed by atoms with E-state index in [1.165, 1.54) is 0 Å². The quantitative estimate of drug-likeness (QED) is 0.497. The largest absolute Gasteiger partial charge is 0.462 e. The van der Waals surface area contributed by atoms with Crippen LogP contribution in [0.3, 0.4) is 0 Å². The standard InChI is InChI=1S/C8H11F3O2/c1-3-7(12)13-5-4-6(9)8(2,10)11/h3,6H,1,4-5H2,2H3. The van der Waals surface area contributed by atoms with E-state index < -0.39 is 24.5 Å². The van der Waals surface area contributed by atoms with Crippen LogP contribution in [0.2, 0.25) is 0 Å². The average molecular weight is 196 g/mol. The second kappa shape index (κ2) is 4.89. The van der Waals surface area contributed by atoms with Crippen LogP contribution in [0.25, 0.3) is 0 Å². The molecule has 0 fully saturated rings. The summed E-state index contributed by atoms with van der Waals surface area (Å²) in [6, 6.07) is 0. The van der Waals surface area contributed by atoms with Gasteiger partial charge in [-0.25, -0.2) is 18.0 Å². The normalized spacial score (nSPS) is 13.5. The molecule has 0 saturated heterocycles. The van der Waals surface area contributed by atoms with Crippen molar-refractivity contribution in [2.75, 3.05) is 6.61 Å². The van der Waals surface area contributed by atoms with Gasteiger partial charge in [0.05, 0.1) is 6.61 Å². The van der Waals surface area contributed by atoms with Crippen molar-refractivity contribution in [1.29, 1.82) is 0 Å². The van der Waals surface area contributed by atoms with E-state index >= 15 is 0 Å². The number of hydrogen-bond acceptors (Lipinski definition) is 2. The van der Waals surface area contributed by atoms with Gasteiger partial charge in [-0.15, -0.1) is 0 Å². The van der Waals surface area contributed by atoms with E-state index in [0.717, 1.165) is 6.08 Å². The molecule has 2 nitrogen and oxygen atoms in total. The number of carbonyl (C=O) groups excluding carboxylic acids is 1. The van der Waals surface area contributed by atoms with Crippen molar-refractivity contribution in [3.63, 3.8) is 0 Å².